The minimum Gasteiger partial charge on any atom is -0.354 e. The Morgan fingerprint density at radius 2 is 1.90 bits per heavy atom. The highest BCUT2D eigenvalue weighted by atomic mass is 32.2. The molecule has 1 aromatic heterocycles. The Kier molecular flexibility index (Phi) is 2.17. The van der Waals surface area contributed by atoms with Crippen LogP contribution in [-0.2, 0) is 16.4 Å². The lowest BCUT2D eigenvalue weighted by Crippen LogP contribution is -2.11. The maximum Gasteiger partial charge on any atom is 0.238 e. The highest BCUT2D eigenvalue weighted by molar-refractivity contribution is 7.89. The third kappa shape index (κ3) is 1.54. The van der Waals surface area contributed by atoms with Gasteiger partial charge >= 0.3 is 0 Å². The largest absolute Gasteiger partial charge is 0.354 e. The smallest absolute Gasteiger partial charge is 0.238 e. The molecule has 0 unspecified atom stereocenters. The molecule has 0 fully saturated rings. The second-order valence-electron chi connectivity index (χ2n) is 5.06. The SMILES string of the molecule is NS(=O)(=O)c1ccc2[nH]c3c(c2c1)Cc1ccccc1-3. The maximum atomic E-state index is 11.5. The highest BCUT2D eigenvalue weighted by Crippen LogP contribution is 2.40. The van der Waals surface area contributed by atoms with Gasteiger partial charge in [0.1, 0.15) is 0 Å². The van der Waals surface area contributed by atoms with Gasteiger partial charge in [0.2, 0.25) is 10.0 Å². The summed E-state index contributed by atoms with van der Waals surface area (Å²) >= 11 is 0. The molecule has 3 aromatic rings. The molecule has 0 amide bonds. The van der Waals surface area contributed by atoms with Gasteiger partial charge in [-0.1, -0.05) is 24.3 Å². The Hall–Kier alpha value is -2.11. The second-order valence-corrected chi connectivity index (χ2v) is 6.63. The molecule has 3 N–H and O–H groups in total. The summed E-state index contributed by atoms with van der Waals surface area (Å²) in [4.78, 5) is 3.53. The Morgan fingerprint density at radius 3 is 2.70 bits per heavy atom. The zero-order valence-corrected chi connectivity index (χ0v) is 11.4. The highest BCUT2D eigenvalue weighted by Gasteiger charge is 2.23. The van der Waals surface area contributed by atoms with E-state index in [4.69, 9.17) is 5.14 Å². The van der Waals surface area contributed by atoms with Crippen LogP contribution in [0.1, 0.15) is 11.1 Å². The topological polar surface area (TPSA) is 76.0 Å². The van der Waals surface area contributed by atoms with Gasteiger partial charge in [-0.3, -0.25) is 0 Å². The van der Waals surface area contributed by atoms with E-state index in [1.807, 2.05) is 12.1 Å². The van der Waals surface area contributed by atoms with Gasteiger partial charge < -0.3 is 4.98 Å². The first-order valence-electron chi connectivity index (χ1n) is 6.30. The summed E-state index contributed by atoms with van der Waals surface area (Å²) in [7, 11) is -3.67. The third-order valence-corrected chi connectivity index (χ3v) is 4.77. The lowest BCUT2D eigenvalue weighted by molar-refractivity contribution is 0.598. The van der Waals surface area contributed by atoms with Crippen molar-refractivity contribution in [2.45, 2.75) is 11.3 Å². The number of rotatable bonds is 1. The van der Waals surface area contributed by atoms with Crippen LogP contribution < -0.4 is 5.14 Å². The summed E-state index contributed by atoms with van der Waals surface area (Å²) in [6.07, 6.45) is 0.819. The van der Waals surface area contributed by atoms with Gasteiger partial charge in [-0.25, -0.2) is 13.6 Å². The quantitative estimate of drug-likeness (QED) is 0.563. The predicted octanol–water partition coefficient (Wildman–Crippen LogP) is 2.39. The zero-order chi connectivity index (χ0) is 13.9. The number of primary sulfonamides is 1. The van der Waals surface area contributed by atoms with Crippen molar-refractivity contribution < 1.29 is 8.42 Å². The fourth-order valence-corrected chi connectivity index (χ4v) is 3.47. The molecule has 2 aromatic carbocycles. The Bertz CT molecular complexity index is 955. The Morgan fingerprint density at radius 1 is 1.10 bits per heavy atom. The monoisotopic (exact) mass is 284 g/mol. The second kappa shape index (κ2) is 3.71. The fraction of sp³-hybridized carbons (Fsp3) is 0.0667. The molecule has 0 bridgehead atoms. The number of hydrogen-bond acceptors (Lipinski definition) is 2. The van der Waals surface area contributed by atoms with Crippen LogP contribution in [0.4, 0.5) is 0 Å². The van der Waals surface area contributed by atoms with Crippen molar-refractivity contribution in [2.75, 3.05) is 0 Å². The van der Waals surface area contributed by atoms with Crippen molar-refractivity contribution >= 4 is 20.9 Å². The molecule has 1 aliphatic carbocycles. The van der Waals surface area contributed by atoms with Crippen molar-refractivity contribution in [2.24, 2.45) is 5.14 Å². The average molecular weight is 284 g/mol. The molecule has 20 heavy (non-hydrogen) atoms. The van der Waals surface area contributed by atoms with E-state index in [1.165, 1.54) is 17.2 Å². The number of nitrogens with one attached hydrogen (secondary N) is 1. The predicted molar refractivity (Wildman–Crippen MR) is 77.9 cm³/mol. The summed E-state index contributed by atoms with van der Waals surface area (Å²) in [6.45, 7) is 0. The minimum absolute atomic E-state index is 0.155. The third-order valence-electron chi connectivity index (χ3n) is 3.86. The zero-order valence-electron chi connectivity index (χ0n) is 10.6. The van der Waals surface area contributed by atoms with Crippen LogP contribution in [0.5, 0.6) is 0 Å². The first-order valence-corrected chi connectivity index (χ1v) is 7.84. The Labute approximate surface area is 116 Å². The van der Waals surface area contributed by atoms with E-state index < -0.39 is 10.0 Å². The maximum absolute atomic E-state index is 11.5. The minimum atomic E-state index is -3.67. The summed E-state index contributed by atoms with van der Waals surface area (Å²) in [5.41, 5.74) is 5.62. The molecule has 0 radical (unpaired) electrons. The van der Waals surface area contributed by atoms with Crippen molar-refractivity contribution in [3.8, 4) is 11.3 Å². The van der Waals surface area contributed by atoms with Crippen LogP contribution in [-0.4, -0.2) is 13.4 Å². The molecule has 100 valence electrons. The van der Waals surface area contributed by atoms with Gasteiger partial charge in [0.05, 0.1) is 10.6 Å². The lowest BCUT2D eigenvalue weighted by atomic mass is 10.1. The van der Waals surface area contributed by atoms with E-state index in [9.17, 15) is 8.42 Å². The van der Waals surface area contributed by atoms with Gasteiger partial charge in [0, 0.05) is 22.9 Å². The number of sulfonamides is 1. The molecular formula is C15H12N2O2S. The first kappa shape index (κ1) is 11.7. The number of fused-ring (bicyclic) bond motifs is 5. The van der Waals surface area contributed by atoms with E-state index in [0.29, 0.717) is 0 Å². The van der Waals surface area contributed by atoms with E-state index >= 15 is 0 Å². The van der Waals surface area contributed by atoms with Crippen LogP contribution in [0.2, 0.25) is 0 Å². The molecule has 4 rings (SSSR count). The molecular weight excluding hydrogens is 272 g/mol. The van der Waals surface area contributed by atoms with Gasteiger partial charge in [0.25, 0.3) is 0 Å². The van der Waals surface area contributed by atoms with Crippen molar-refractivity contribution in [1.82, 2.24) is 4.98 Å². The normalized spacial score (nSPS) is 13.4. The number of aromatic nitrogens is 1. The van der Waals surface area contributed by atoms with E-state index in [0.717, 1.165) is 28.6 Å². The van der Waals surface area contributed by atoms with Gasteiger partial charge in [-0.05, 0) is 29.3 Å². The van der Waals surface area contributed by atoms with Crippen LogP contribution >= 0.6 is 0 Å². The average Bonchev–Trinajstić information content (AvgIpc) is 2.93. The molecule has 1 heterocycles. The number of nitrogens with two attached hydrogens (primary N) is 1. The summed E-state index contributed by atoms with van der Waals surface area (Å²) in [5, 5.41) is 6.14. The van der Waals surface area contributed by atoms with Gasteiger partial charge in [-0.2, -0.15) is 0 Å². The molecule has 0 saturated carbocycles. The molecule has 4 nitrogen and oxygen atoms in total. The molecule has 5 heteroatoms. The molecule has 0 saturated heterocycles. The van der Waals surface area contributed by atoms with Crippen molar-refractivity contribution in [3.05, 3.63) is 53.6 Å². The fourth-order valence-electron chi connectivity index (χ4n) is 2.93. The van der Waals surface area contributed by atoms with Gasteiger partial charge in [0.15, 0.2) is 0 Å². The van der Waals surface area contributed by atoms with Gasteiger partial charge in [-0.15, -0.1) is 0 Å². The number of hydrogen-bond donors (Lipinski definition) is 2. The van der Waals surface area contributed by atoms with Crippen molar-refractivity contribution in [3.63, 3.8) is 0 Å². The standard InChI is InChI=1S/C15H12N2O2S/c16-20(18,19)10-5-6-14-12(8-10)13-7-9-3-1-2-4-11(9)15(13)17-14/h1-6,8,17H,7H2,(H2,16,18,19). The van der Waals surface area contributed by atoms with E-state index in [2.05, 4.69) is 17.1 Å². The molecule has 0 spiro atoms. The van der Waals surface area contributed by atoms with Crippen LogP contribution in [0.15, 0.2) is 47.4 Å². The van der Waals surface area contributed by atoms with Crippen LogP contribution in [0.3, 0.4) is 0 Å². The molecule has 0 atom stereocenters. The lowest BCUT2D eigenvalue weighted by Gasteiger charge is -2.00. The van der Waals surface area contributed by atoms with Crippen LogP contribution in [0.25, 0.3) is 22.2 Å². The summed E-state index contributed by atoms with van der Waals surface area (Å²) in [6, 6.07) is 13.2. The molecule has 1 aliphatic rings. The summed E-state index contributed by atoms with van der Waals surface area (Å²) < 4.78 is 23.0. The first-order chi connectivity index (χ1) is 9.54. The summed E-state index contributed by atoms with van der Waals surface area (Å²) in [5.74, 6) is 0. The number of benzene rings is 2. The van der Waals surface area contributed by atoms with E-state index in [-0.39, 0.29) is 4.90 Å². The molecule has 0 aliphatic heterocycles. The van der Waals surface area contributed by atoms with Crippen molar-refractivity contribution in [1.29, 1.82) is 0 Å². The number of H-pyrrole nitrogens is 1. The van der Waals surface area contributed by atoms with Crippen LogP contribution in [0, 0.1) is 0 Å². The number of aromatic amines is 1. The Balaban J connectivity index is 2.02. The van der Waals surface area contributed by atoms with E-state index in [1.54, 1.807) is 12.1 Å².